The summed E-state index contributed by atoms with van der Waals surface area (Å²) >= 11 is 0. The van der Waals surface area contributed by atoms with Crippen molar-refractivity contribution >= 4 is 5.78 Å². The zero-order valence-corrected chi connectivity index (χ0v) is 13.8. The predicted octanol–water partition coefficient (Wildman–Crippen LogP) is 5.53. The largest absolute Gasteiger partial charge is 0.295 e. The van der Waals surface area contributed by atoms with Crippen LogP contribution in [0.2, 0.25) is 0 Å². The zero-order chi connectivity index (χ0) is 15.5. The molecule has 0 saturated heterocycles. The summed E-state index contributed by atoms with van der Waals surface area (Å²) in [6.45, 7) is 6.18. The van der Waals surface area contributed by atoms with Gasteiger partial charge in [-0.05, 0) is 64.9 Å². The number of hydrogen-bond donors (Lipinski definition) is 0. The number of rotatable bonds is 8. The van der Waals surface area contributed by atoms with Gasteiger partial charge in [-0.25, -0.2) is 0 Å². The average Bonchev–Trinajstić information content (AvgIpc) is 2.78. The molecule has 1 rings (SSSR count). The van der Waals surface area contributed by atoms with Crippen molar-refractivity contribution in [2.75, 3.05) is 0 Å². The molecule has 0 fully saturated rings. The molecular weight excluding hydrogens is 256 g/mol. The first-order chi connectivity index (χ1) is 10.1. The number of carbonyl (C=O) groups is 1. The fourth-order valence-electron chi connectivity index (χ4n) is 2.59. The fourth-order valence-corrected chi connectivity index (χ4v) is 2.59. The van der Waals surface area contributed by atoms with Crippen molar-refractivity contribution in [3.05, 3.63) is 34.9 Å². The van der Waals surface area contributed by atoms with E-state index in [1.54, 1.807) is 0 Å². The minimum Gasteiger partial charge on any atom is -0.295 e. The van der Waals surface area contributed by atoms with Gasteiger partial charge >= 0.3 is 0 Å². The van der Waals surface area contributed by atoms with Crippen LogP contribution in [0.5, 0.6) is 0 Å². The van der Waals surface area contributed by atoms with Crippen LogP contribution < -0.4 is 0 Å². The summed E-state index contributed by atoms with van der Waals surface area (Å²) in [5.74, 6) is 6.37. The highest BCUT2D eigenvalue weighted by atomic mass is 16.1. The van der Waals surface area contributed by atoms with Gasteiger partial charge in [-0.2, -0.15) is 0 Å². The number of carbonyl (C=O) groups excluding carboxylic acids is 1. The maximum absolute atomic E-state index is 11.6. The summed E-state index contributed by atoms with van der Waals surface area (Å²) in [5, 5.41) is 0. The minimum absolute atomic E-state index is 0.370. The van der Waals surface area contributed by atoms with Crippen molar-refractivity contribution in [1.82, 2.24) is 0 Å². The SMILES string of the molecule is CC#CCCC=C(C)CCC=CCCC1=C(C)CCC1=O. The van der Waals surface area contributed by atoms with Crippen LogP contribution in [-0.2, 0) is 4.79 Å². The molecule has 21 heavy (non-hydrogen) atoms. The van der Waals surface area contributed by atoms with Crippen molar-refractivity contribution in [3.8, 4) is 11.8 Å². The number of ketones is 1. The van der Waals surface area contributed by atoms with Gasteiger partial charge in [-0.3, -0.25) is 4.79 Å². The van der Waals surface area contributed by atoms with Gasteiger partial charge < -0.3 is 0 Å². The molecule has 1 nitrogen and oxygen atoms in total. The quantitative estimate of drug-likeness (QED) is 0.325. The smallest absolute Gasteiger partial charge is 0.159 e. The summed E-state index contributed by atoms with van der Waals surface area (Å²) in [4.78, 5) is 11.6. The molecule has 0 unspecified atom stereocenters. The Bertz CT molecular complexity index is 492. The van der Waals surface area contributed by atoms with E-state index in [1.807, 2.05) is 6.92 Å². The van der Waals surface area contributed by atoms with Gasteiger partial charge in [0.1, 0.15) is 0 Å². The molecule has 0 amide bonds. The number of unbranched alkanes of at least 4 members (excludes halogenated alkanes) is 1. The van der Waals surface area contributed by atoms with Crippen LogP contribution in [0.1, 0.15) is 72.1 Å². The first-order valence-corrected chi connectivity index (χ1v) is 8.07. The molecule has 114 valence electrons. The molecule has 0 aromatic heterocycles. The van der Waals surface area contributed by atoms with Gasteiger partial charge in [0.2, 0.25) is 0 Å². The molecule has 0 saturated carbocycles. The lowest BCUT2D eigenvalue weighted by Gasteiger charge is -2.00. The Balaban J connectivity index is 2.16. The molecule has 0 radical (unpaired) electrons. The van der Waals surface area contributed by atoms with Gasteiger partial charge in [-0.1, -0.05) is 29.4 Å². The van der Waals surface area contributed by atoms with E-state index in [0.717, 1.165) is 56.9 Å². The molecule has 1 aliphatic rings. The lowest BCUT2D eigenvalue weighted by Crippen LogP contribution is -1.95. The summed E-state index contributed by atoms with van der Waals surface area (Å²) in [6.07, 6.45) is 14.6. The highest BCUT2D eigenvalue weighted by molar-refractivity contribution is 5.98. The van der Waals surface area contributed by atoms with Crippen LogP contribution in [0.3, 0.4) is 0 Å². The van der Waals surface area contributed by atoms with Gasteiger partial charge in [0.25, 0.3) is 0 Å². The van der Waals surface area contributed by atoms with Crippen LogP contribution in [0.25, 0.3) is 0 Å². The Labute approximate surface area is 130 Å². The second kappa shape index (κ2) is 10.2. The molecule has 1 heteroatoms. The van der Waals surface area contributed by atoms with Crippen LogP contribution in [-0.4, -0.2) is 5.78 Å². The predicted molar refractivity (Wildman–Crippen MR) is 91.0 cm³/mol. The summed E-state index contributed by atoms with van der Waals surface area (Å²) < 4.78 is 0. The lowest BCUT2D eigenvalue weighted by molar-refractivity contribution is -0.115. The maximum atomic E-state index is 11.6. The zero-order valence-electron chi connectivity index (χ0n) is 13.8. The summed E-state index contributed by atoms with van der Waals surface area (Å²) in [5.41, 5.74) is 3.84. The molecule has 1 aliphatic carbocycles. The molecule has 0 spiro atoms. The third kappa shape index (κ3) is 7.14. The Morgan fingerprint density at radius 2 is 1.95 bits per heavy atom. The van der Waals surface area contributed by atoms with E-state index in [1.165, 1.54) is 11.1 Å². The molecule has 0 heterocycles. The molecule has 0 bridgehead atoms. The minimum atomic E-state index is 0.370. The van der Waals surface area contributed by atoms with Gasteiger partial charge in [-0.15, -0.1) is 11.8 Å². The summed E-state index contributed by atoms with van der Waals surface area (Å²) in [6, 6.07) is 0. The van der Waals surface area contributed by atoms with Crippen LogP contribution >= 0.6 is 0 Å². The van der Waals surface area contributed by atoms with Crippen molar-refractivity contribution in [3.63, 3.8) is 0 Å². The van der Waals surface area contributed by atoms with E-state index in [9.17, 15) is 4.79 Å². The third-order valence-electron chi connectivity index (χ3n) is 3.95. The van der Waals surface area contributed by atoms with E-state index in [0.29, 0.717) is 5.78 Å². The first-order valence-electron chi connectivity index (χ1n) is 8.07. The van der Waals surface area contributed by atoms with E-state index in [2.05, 4.69) is 43.9 Å². The van der Waals surface area contributed by atoms with Crippen molar-refractivity contribution in [2.24, 2.45) is 0 Å². The van der Waals surface area contributed by atoms with Gasteiger partial charge in [0.15, 0.2) is 5.78 Å². The van der Waals surface area contributed by atoms with Crippen LogP contribution in [0.4, 0.5) is 0 Å². The van der Waals surface area contributed by atoms with E-state index < -0.39 is 0 Å². The highest BCUT2D eigenvalue weighted by Gasteiger charge is 2.18. The Morgan fingerprint density at radius 1 is 1.19 bits per heavy atom. The van der Waals surface area contributed by atoms with Gasteiger partial charge in [0, 0.05) is 12.8 Å². The van der Waals surface area contributed by atoms with Crippen LogP contribution in [0, 0.1) is 11.8 Å². The molecule has 0 atom stereocenters. The normalized spacial score (nSPS) is 15.8. The first kappa shape index (κ1) is 17.5. The standard InChI is InChI=1S/C20H28O/c1-4-5-6-9-12-17(2)13-10-7-8-11-14-19-18(3)15-16-20(19)21/h7-8,12H,6,9-11,13-16H2,1-3H3. The van der Waals surface area contributed by atoms with Crippen LogP contribution in [0.15, 0.2) is 34.9 Å². The second-order valence-electron chi connectivity index (χ2n) is 5.75. The molecule has 0 aromatic rings. The van der Waals surface area contributed by atoms with E-state index >= 15 is 0 Å². The van der Waals surface area contributed by atoms with Crippen molar-refractivity contribution in [2.45, 2.75) is 72.1 Å². The topological polar surface area (TPSA) is 17.1 Å². The lowest BCUT2D eigenvalue weighted by atomic mass is 10.1. The molecule has 0 N–H and O–H groups in total. The number of hydrogen-bond acceptors (Lipinski definition) is 1. The molecule has 0 aromatic carbocycles. The highest BCUT2D eigenvalue weighted by Crippen LogP contribution is 2.25. The van der Waals surface area contributed by atoms with Crippen molar-refractivity contribution < 1.29 is 4.79 Å². The number of Topliss-reactive ketones (excluding diaryl/α,β-unsaturated/α-hetero) is 1. The second-order valence-corrected chi connectivity index (χ2v) is 5.75. The fraction of sp³-hybridized carbons (Fsp3) is 0.550. The van der Waals surface area contributed by atoms with E-state index in [-0.39, 0.29) is 0 Å². The molecular formula is C20H28O. The Kier molecular flexibility index (Phi) is 8.51. The average molecular weight is 284 g/mol. The van der Waals surface area contributed by atoms with Gasteiger partial charge in [0.05, 0.1) is 0 Å². The van der Waals surface area contributed by atoms with E-state index in [4.69, 9.17) is 0 Å². The monoisotopic (exact) mass is 284 g/mol. The molecule has 0 aliphatic heterocycles. The third-order valence-corrected chi connectivity index (χ3v) is 3.95. The van der Waals surface area contributed by atoms with Crippen molar-refractivity contribution in [1.29, 1.82) is 0 Å². The maximum Gasteiger partial charge on any atom is 0.159 e. The Morgan fingerprint density at radius 3 is 2.62 bits per heavy atom. The number of allylic oxidation sites excluding steroid dienone is 6. The summed E-state index contributed by atoms with van der Waals surface area (Å²) in [7, 11) is 0. The Hall–Kier alpha value is -1.55.